The summed E-state index contributed by atoms with van der Waals surface area (Å²) in [4.78, 5) is 10.3. The minimum Gasteiger partial charge on any atom is -0.489 e. The van der Waals surface area contributed by atoms with E-state index >= 15 is 0 Å². The molecule has 0 fully saturated rings. The molecule has 0 saturated carbocycles. The molecule has 0 heterocycles. The van der Waals surface area contributed by atoms with E-state index in [2.05, 4.69) is 31.9 Å². The van der Waals surface area contributed by atoms with Crippen LogP contribution in [0.15, 0.2) is 75.7 Å². The van der Waals surface area contributed by atoms with Crippen molar-refractivity contribution in [1.82, 2.24) is 0 Å². The SMILES string of the molecule is O=[N+]([O-])c1ccc(/C=C/c2ccc(OCc3cc(Br)cc(Br)c3)cc2)cc1. The molecule has 0 aliphatic carbocycles. The molecule has 0 N–H and O–H groups in total. The number of nitro benzene ring substituents is 1. The Morgan fingerprint density at radius 2 is 1.37 bits per heavy atom. The fourth-order valence-corrected chi connectivity index (χ4v) is 3.82. The first-order chi connectivity index (χ1) is 13.0. The van der Waals surface area contributed by atoms with Crippen molar-refractivity contribution in [1.29, 1.82) is 0 Å². The molecule has 136 valence electrons. The monoisotopic (exact) mass is 487 g/mol. The highest BCUT2D eigenvalue weighted by atomic mass is 79.9. The Morgan fingerprint density at radius 1 is 0.852 bits per heavy atom. The van der Waals surface area contributed by atoms with Crippen LogP contribution >= 0.6 is 31.9 Å². The molecular weight excluding hydrogens is 474 g/mol. The van der Waals surface area contributed by atoms with Crippen LogP contribution in [-0.4, -0.2) is 4.92 Å². The van der Waals surface area contributed by atoms with Gasteiger partial charge in [-0.25, -0.2) is 0 Å². The third-order valence-corrected chi connectivity index (χ3v) is 4.70. The van der Waals surface area contributed by atoms with Crippen molar-refractivity contribution in [3.8, 4) is 5.75 Å². The van der Waals surface area contributed by atoms with Crippen molar-refractivity contribution in [2.24, 2.45) is 0 Å². The minimum absolute atomic E-state index is 0.0890. The fraction of sp³-hybridized carbons (Fsp3) is 0.0476. The van der Waals surface area contributed by atoms with Crippen molar-refractivity contribution in [2.75, 3.05) is 0 Å². The summed E-state index contributed by atoms with van der Waals surface area (Å²) in [6.07, 6.45) is 3.87. The predicted molar refractivity (Wildman–Crippen MR) is 115 cm³/mol. The predicted octanol–water partition coefficient (Wildman–Crippen LogP) is 6.87. The molecule has 0 unspecified atom stereocenters. The van der Waals surface area contributed by atoms with E-state index in [4.69, 9.17) is 4.74 Å². The van der Waals surface area contributed by atoms with Gasteiger partial charge in [0.15, 0.2) is 0 Å². The van der Waals surface area contributed by atoms with Gasteiger partial charge < -0.3 is 4.74 Å². The zero-order chi connectivity index (χ0) is 19.2. The maximum Gasteiger partial charge on any atom is 0.269 e. The highest BCUT2D eigenvalue weighted by Gasteiger charge is 2.02. The van der Waals surface area contributed by atoms with E-state index in [0.717, 1.165) is 31.4 Å². The van der Waals surface area contributed by atoms with Crippen LogP contribution < -0.4 is 4.74 Å². The third-order valence-electron chi connectivity index (χ3n) is 3.78. The zero-order valence-corrected chi connectivity index (χ0v) is 17.3. The molecule has 0 aliphatic heterocycles. The lowest BCUT2D eigenvalue weighted by atomic mass is 10.1. The second-order valence-corrected chi connectivity index (χ2v) is 7.65. The first-order valence-electron chi connectivity index (χ1n) is 8.10. The number of non-ortho nitro benzene ring substituents is 1. The van der Waals surface area contributed by atoms with Crippen molar-refractivity contribution in [2.45, 2.75) is 6.61 Å². The second kappa shape index (κ2) is 8.97. The Bertz CT molecular complexity index is 947. The summed E-state index contributed by atoms with van der Waals surface area (Å²) >= 11 is 6.94. The Balaban J connectivity index is 1.60. The molecule has 4 nitrogen and oxygen atoms in total. The normalized spacial score (nSPS) is 10.9. The summed E-state index contributed by atoms with van der Waals surface area (Å²) in [7, 11) is 0. The number of rotatable bonds is 6. The number of halogens is 2. The second-order valence-electron chi connectivity index (χ2n) is 5.82. The van der Waals surface area contributed by atoms with Gasteiger partial charge in [0.2, 0.25) is 0 Å². The van der Waals surface area contributed by atoms with E-state index in [-0.39, 0.29) is 5.69 Å². The van der Waals surface area contributed by atoms with Crippen molar-refractivity contribution < 1.29 is 9.66 Å². The van der Waals surface area contributed by atoms with Gasteiger partial charge in [-0.05, 0) is 59.2 Å². The summed E-state index contributed by atoms with van der Waals surface area (Å²) in [5, 5.41) is 10.7. The number of benzene rings is 3. The number of nitrogens with zero attached hydrogens (tertiary/aromatic N) is 1. The van der Waals surface area contributed by atoms with Crippen LogP contribution in [0.1, 0.15) is 16.7 Å². The Kier molecular flexibility index (Phi) is 6.42. The molecule has 0 aromatic heterocycles. The molecule has 0 saturated heterocycles. The van der Waals surface area contributed by atoms with Gasteiger partial charge in [-0.15, -0.1) is 0 Å². The molecule has 0 atom stereocenters. The van der Waals surface area contributed by atoms with Gasteiger partial charge in [-0.1, -0.05) is 56.1 Å². The quantitative estimate of drug-likeness (QED) is 0.216. The standard InChI is InChI=1S/C21H15Br2NO3/c22-18-11-17(12-19(23)13-18)14-27-21-9-5-16(6-10-21)2-1-15-3-7-20(8-4-15)24(25)26/h1-13H,14H2/b2-1+. The average molecular weight is 489 g/mol. The van der Waals surface area contributed by atoms with E-state index in [0.29, 0.717) is 6.61 Å². The first kappa shape index (κ1) is 19.3. The van der Waals surface area contributed by atoms with E-state index in [1.54, 1.807) is 12.1 Å². The Hall–Kier alpha value is -2.44. The average Bonchev–Trinajstić information content (AvgIpc) is 2.65. The van der Waals surface area contributed by atoms with E-state index < -0.39 is 4.92 Å². The topological polar surface area (TPSA) is 52.4 Å². The van der Waals surface area contributed by atoms with E-state index in [9.17, 15) is 10.1 Å². The van der Waals surface area contributed by atoms with Crippen LogP contribution in [-0.2, 0) is 6.61 Å². The van der Waals surface area contributed by atoms with Crippen molar-refractivity contribution in [3.05, 3.63) is 102 Å². The summed E-state index contributed by atoms with van der Waals surface area (Å²) in [6.45, 7) is 0.482. The number of hydrogen-bond acceptors (Lipinski definition) is 3. The Morgan fingerprint density at radius 3 is 1.89 bits per heavy atom. The van der Waals surface area contributed by atoms with E-state index in [1.807, 2.05) is 54.6 Å². The molecular formula is C21H15Br2NO3. The van der Waals surface area contributed by atoms with Crippen LogP contribution in [0.2, 0.25) is 0 Å². The molecule has 3 aromatic carbocycles. The molecule has 0 radical (unpaired) electrons. The highest BCUT2D eigenvalue weighted by molar-refractivity contribution is 9.11. The molecule has 0 aliphatic rings. The lowest BCUT2D eigenvalue weighted by molar-refractivity contribution is -0.384. The minimum atomic E-state index is -0.404. The Labute approximate surface area is 173 Å². The molecule has 6 heteroatoms. The van der Waals surface area contributed by atoms with Gasteiger partial charge >= 0.3 is 0 Å². The van der Waals surface area contributed by atoms with Crippen molar-refractivity contribution >= 4 is 49.7 Å². The molecule has 3 aromatic rings. The van der Waals surface area contributed by atoms with Gasteiger partial charge in [-0.3, -0.25) is 10.1 Å². The number of hydrogen-bond donors (Lipinski definition) is 0. The first-order valence-corrected chi connectivity index (χ1v) is 9.68. The van der Waals surface area contributed by atoms with Gasteiger partial charge in [0.1, 0.15) is 12.4 Å². The molecule has 0 bridgehead atoms. The number of nitro groups is 1. The summed E-state index contributed by atoms with van der Waals surface area (Å²) < 4.78 is 7.83. The van der Waals surface area contributed by atoms with Gasteiger partial charge in [0.25, 0.3) is 5.69 Å². The van der Waals surface area contributed by atoms with Crippen molar-refractivity contribution in [3.63, 3.8) is 0 Å². The van der Waals surface area contributed by atoms with Crippen LogP contribution in [0.4, 0.5) is 5.69 Å². The van der Waals surface area contributed by atoms with Crippen LogP contribution in [0.25, 0.3) is 12.2 Å². The highest BCUT2D eigenvalue weighted by Crippen LogP contribution is 2.22. The largest absolute Gasteiger partial charge is 0.489 e. The van der Waals surface area contributed by atoms with Crippen LogP contribution in [0.3, 0.4) is 0 Å². The lowest BCUT2D eigenvalue weighted by Gasteiger charge is -2.07. The molecule has 0 spiro atoms. The maximum atomic E-state index is 10.7. The van der Waals surface area contributed by atoms with Crippen LogP contribution in [0.5, 0.6) is 5.75 Å². The smallest absolute Gasteiger partial charge is 0.269 e. The van der Waals surface area contributed by atoms with Gasteiger partial charge in [-0.2, -0.15) is 0 Å². The third kappa shape index (κ3) is 5.77. The summed E-state index contributed by atoms with van der Waals surface area (Å²) in [5.41, 5.74) is 3.08. The number of ether oxygens (including phenoxy) is 1. The summed E-state index contributed by atoms with van der Waals surface area (Å²) in [5.74, 6) is 0.790. The summed E-state index contributed by atoms with van der Waals surface area (Å²) in [6, 6.07) is 20.2. The molecule has 3 rings (SSSR count). The lowest BCUT2D eigenvalue weighted by Crippen LogP contribution is -1.95. The molecule has 27 heavy (non-hydrogen) atoms. The van der Waals surface area contributed by atoms with Gasteiger partial charge in [0.05, 0.1) is 4.92 Å². The fourth-order valence-electron chi connectivity index (χ4n) is 2.44. The van der Waals surface area contributed by atoms with Gasteiger partial charge in [0, 0.05) is 21.1 Å². The maximum absolute atomic E-state index is 10.7. The zero-order valence-electron chi connectivity index (χ0n) is 14.1. The van der Waals surface area contributed by atoms with E-state index in [1.165, 1.54) is 12.1 Å². The van der Waals surface area contributed by atoms with Crippen LogP contribution in [0, 0.1) is 10.1 Å². The molecule has 0 amide bonds.